The summed E-state index contributed by atoms with van der Waals surface area (Å²) in [6, 6.07) is 7.68. The number of carbonyl (C=O) groups is 1. The summed E-state index contributed by atoms with van der Waals surface area (Å²) in [5.41, 5.74) is 1.96. The molecule has 0 saturated heterocycles. The number of benzene rings is 1. The van der Waals surface area contributed by atoms with Gasteiger partial charge in [-0.1, -0.05) is 12.1 Å². The van der Waals surface area contributed by atoms with Gasteiger partial charge in [-0.25, -0.2) is 0 Å². The molecule has 1 aromatic rings. The van der Waals surface area contributed by atoms with Crippen molar-refractivity contribution in [1.82, 2.24) is 4.48 Å². The van der Waals surface area contributed by atoms with Gasteiger partial charge in [-0.2, -0.15) is 0 Å². The molecule has 0 aliphatic heterocycles. The fourth-order valence-corrected chi connectivity index (χ4v) is 1.26. The van der Waals surface area contributed by atoms with Crippen molar-refractivity contribution in [3.05, 3.63) is 29.8 Å². The van der Waals surface area contributed by atoms with Crippen LogP contribution in [0.4, 0.5) is 5.69 Å². The number of nitrogens with zero attached hydrogens (tertiary/aromatic N) is 1. The number of hydrogen-bond acceptors (Lipinski definition) is 1. The van der Waals surface area contributed by atoms with Crippen LogP contribution in [0.15, 0.2) is 24.3 Å². The molecule has 0 saturated carbocycles. The summed E-state index contributed by atoms with van der Waals surface area (Å²) in [5, 5.41) is 8.66. The van der Waals surface area contributed by atoms with E-state index in [0.29, 0.717) is 4.48 Å². The first kappa shape index (κ1) is 10.7. The summed E-state index contributed by atoms with van der Waals surface area (Å²) in [6.45, 7) is 0. The average Bonchev–Trinajstić information content (AvgIpc) is 2.01. The minimum absolute atomic E-state index is 0.0911. The molecule has 1 N–H and O–H groups in total. The maximum absolute atomic E-state index is 10.5. The molecule has 0 aliphatic carbocycles. The topological polar surface area (TPSA) is 37.3 Å². The van der Waals surface area contributed by atoms with Crippen molar-refractivity contribution in [3.63, 3.8) is 0 Å². The molecule has 14 heavy (non-hydrogen) atoms. The fourth-order valence-electron chi connectivity index (χ4n) is 1.26. The van der Waals surface area contributed by atoms with Crippen molar-refractivity contribution in [2.45, 2.75) is 6.42 Å². The van der Waals surface area contributed by atoms with Crippen molar-refractivity contribution in [1.29, 1.82) is 0 Å². The molecule has 0 bridgehead atoms. The van der Waals surface area contributed by atoms with Crippen LogP contribution >= 0.6 is 0 Å². The van der Waals surface area contributed by atoms with Crippen LogP contribution in [-0.2, 0) is 11.2 Å². The Bertz CT molecular complexity index is 339. The largest absolute Gasteiger partial charge is 0.481 e. The van der Waals surface area contributed by atoms with Crippen LogP contribution in [0.2, 0.25) is 0 Å². The molecule has 0 atom stereocenters. The average molecular weight is 194 g/mol. The zero-order valence-electron chi connectivity index (χ0n) is 8.82. The predicted molar refractivity (Wildman–Crippen MR) is 57.3 cm³/mol. The summed E-state index contributed by atoms with van der Waals surface area (Å²) in [6.07, 6.45) is 0.0911. The first-order valence-corrected chi connectivity index (χ1v) is 4.52. The Balaban J connectivity index is 2.95. The minimum atomic E-state index is -0.788. The molecule has 76 valence electrons. The highest BCUT2D eigenvalue weighted by atomic mass is 16.4. The Morgan fingerprint density at radius 2 is 2.00 bits per heavy atom. The second kappa shape index (κ2) is 3.80. The van der Waals surface area contributed by atoms with E-state index in [-0.39, 0.29) is 6.42 Å². The molecular weight excluding hydrogens is 178 g/mol. The van der Waals surface area contributed by atoms with Gasteiger partial charge in [-0.15, -0.1) is 0 Å². The number of quaternary nitrogens is 1. The van der Waals surface area contributed by atoms with Crippen LogP contribution in [0.3, 0.4) is 0 Å². The van der Waals surface area contributed by atoms with Gasteiger partial charge in [0.2, 0.25) is 0 Å². The molecule has 1 rings (SSSR count). The van der Waals surface area contributed by atoms with Gasteiger partial charge in [0, 0.05) is 6.07 Å². The monoisotopic (exact) mass is 194 g/mol. The second-order valence-electron chi connectivity index (χ2n) is 4.25. The number of rotatable bonds is 3. The third-order valence-corrected chi connectivity index (χ3v) is 2.04. The summed E-state index contributed by atoms with van der Waals surface area (Å²) >= 11 is 0. The van der Waals surface area contributed by atoms with Gasteiger partial charge >= 0.3 is 5.97 Å². The van der Waals surface area contributed by atoms with Crippen LogP contribution < -0.4 is 4.48 Å². The predicted octanol–water partition coefficient (Wildman–Crippen LogP) is 1.51. The molecule has 0 heterocycles. The van der Waals surface area contributed by atoms with E-state index in [9.17, 15) is 4.79 Å². The summed E-state index contributed by atoms with van der Waals surface area (Å²) < 4.78 is 0.702. The summed E-state index contributed by atoms with van der Waals surface area (Å²) in [5.74, 6) is -0.788. The van der Waals surface area contributed by atoms with Gasteiger partial charge in [-0.05, 0) is 11.6 Å². The normalized spacial score (nSPS) is 11.4. The van der Waals surface area contributed by atoms with E-state index in [1.54, 1.807) is 0 Å². The first-order chi connectivity index (χ1) is 6.39. The van der Waals surface area contributed by atoms with Crippen LogP contribution in [0.25, 0.3) is 0 Å². The van der Waals surface area contributed by atoms with Crippen molar-refractivity contribution in [2.75, 3.05) is 21.1 Å². The van der Waals surface area contributed by atoms with E-state index in [1.165, 1.54) is 0 Å². The van der Waals surface area contributed by atoms with E-state index < -0.39 is 5.97 Å². The SMILES string of the molecule is C[N+](C)(C)c1cccc(CC(=O)O)c1. The Morgan fingerprint density at radius 3 is 2.50 bits per heavy atom. The highest BCUT2D eigenvalue weighted by molar-refractivity contribution is 5.70. The Kier molecular flexibility index (Phi) is 2.91. The summed E-state index contributed by atoms with van der Waals surface area (Å²) in [4.78, 5) is 10.5. The molecule has 0 unspecified atom stereocenters. The van der Waals surface area contributed by atoms with Gasteiger partial charge in [0.15, 0.2) is 0 Å². The van der Waals surface area contributed by atoms with Crippen molar-refractivity contribution < 1.29 is 9.90 Å². The zero-order valence-corrected chi connectivity index (χ0v) is 8.82. The highest BCUT2D eigenvalue weighted by Gasteiger charge is 2.12. The number of carboxylic acids is 1. The lowest BCUT2D eigenvalue weighted by atomic mass is 10.1. The summed E-state index contributed by atoms with van der Waals surface area (Å²) in [7, 11) is 6.17. The number of carboxylic acid groups (broad SMARTS) is 1. The van der Waals surface area contributed by atoms with Crippen LogP contribution in [-0.4, -0.2) is 32.2 Å². The molecule has 0 amide bonds. The van der Waals surface area contributed by atoms with Crippen LogP contribution in [0, 0.1) is 0 Å². The van der Waals surface area contributed by atoms with E-state index in [4.69, 9.17) is 5.11 Å². The molecule has 1 aromatic carbocycles. The van der Waals surface area contributed by atoms with E-state index in [2.05, 4.69) is 21.1 Å². The highest BCUT2D eigenvalue weighted by Crippen LogP contribution is 2.18. The molecule has 0 aromatic heterocycles. The zero-order chi connectivity index (χ0) is 10.8. The maximum Gasteiger partial charge on any atom is 0.307 e. The maximum atomic E-state index is 10.5. The van der Waals surface area contributed by atoms with Crippen molar-refractivity contribution in [2.24, 2.45) is 0 Å². The molecule has 0 radical (unpaired) electrons. The lowest BCUT2D eigenvalue weighted by Crippen LogP contribution is -2.34. The van der Waals surface area contributed by atoms with E-state index in [1.807, 2.05) is 24.3 Å². The van der Waals surface area contributed by atoms with Gasteiger partial charge in [0.05, 0.1) is 27.6 Å². The van der Waals surface area contributed by atoms with Gasteiger partial charge in [-0.3, -0.25) is 9.28 Å². The van der Waals surface area contributed by atoms with Crippen LogP contribution in [0.5, 0.6) is 0 Å². The van der Waals surface area contributed by atoms with Gasteiger partial charge in [0.1, 0.15) is 5.69 Å². The van der Waals surface area contributed by atoms with Crippen molar-refractivity contribution >= 4 is 11.7 Å². The van der Waals surface area contributed by atoms with Crippen molar-refractivity contribution in [3.8, 4) is 0 Å². The molecular formula is C11H16NO2+. The fraction of sp³-hybridized carbons (Fsp3) is 0.364. The van der Waals surface area contributed by atoms with E-state index >= 15 is 0 Å². The molecule has 3 nitrogen and oxygen atoms in total. The molecule has 0 spiro atoms. The number of aliphatic carboxylic acids is 1. The smallest absolute Gasteiger partial charge is 0.307 e. The minimum Gasteiger partial charge on any atom is -0.481 e. The number of hydrogen-bond donors (Lipinski definition) is 1. The third-order valence-electron chi connectivity index (χ3n) is 2.04. The quantitative estimate of drug-likeness (QED) is 0.740. The lowest BCUT2D eigenvalue weighted by Gasteiger charge is -2.23. The Morgan fingerprint density at radius 1 is 1.36 bits per heavy atom. The standard InChI is InChI=1S/C11H15NO2/c1-12(2,3)10-6-4-5-9(7-10)8-11(13)14/h4-7H,8H2,1-3H3/p+1. The second-order valence-corrected chi connectivity index (χ2v) is 4.25. The molecule has 0 fully saturated rings. The van der Waals surface area contributed by atoms with Crippen LogP contribution in [0.1, 0.15) is 5.56 Å². The Labute approximate surface area is 84.2 Å². The van der Waals surface area contributed by atoms with Gasteiger partial charge < -0.3 is 5.11 Å². The van der Waals surface area contributed by atoms with E-state index in [0.717, 1.165) is 11.3 Å². The van der Waals surface area contributed by atoms with Gasteiger partial charge in [0.25, 0.3) is 0 Å². The first-order valence-electron chi connectivity index (χ1n) is 4.52. The third kappa shape index (κ3) is 2.85. The molecule has 0 aliphatic rings. The lowest BCUT2D eigenvalue weighted by molar-refractivity contribution is -0.136. The molecule has 3 heteroatoms. The Hall–Kier alpha value is -1.35.